The predicted octanol–water partition coefficient (Wildman–Crippen LogP) is 1.85. The van der Waals surface area contributed by atoms with E-state index in [9.17, 15) is 23.6 Å². The fraction of sp³-hybridized carbons (Fsp3) is 0.226. The smallest absolute Gasteiger partial charge is 0.258 e. The normalized spacial score (nSPS) is 11.8. The molecule has 0 saturated carbocycles. The number of nitrogens with one attached hydrogen (secondary N) is 6. The van der Waals surface area contributed by atoms with Gasteiger partial charge in [0.25, 0.3) is 11.8 Å². The summed E-state index contributed by atoms with van der Waals surface area (Å²) in [6.45, 7) is 1.38. The zero-order chi connectivity index (χ0) is 33.2. The number of benzene rings is 2. The van der Waals surface area contributed by atoms with Gasteiger partial charge in [0.15, 0.2) is 0 Å². The van der Waals surface area contributed by atoms with Crippen LogP contribution in [-0.4, -0.2) is 81.0 Å². The molecule has 7 N–H and O–H groups in total. The number of anilines is 1. The number of aliphatic hydroxyl groups is 1. The van der Waals surface area contributed by atoms with Gasteiger partial charge in [-0.15, -0.1) is 0 Å². The maximum atomic E-state index is 14.1. The highest BCUT2D eigenvalue weighted by Gasteiger charge is 2.13. The Balaban J connectivity index is 1.98. The summed E-state index contributed by atoms with van der Waals surface area (Å²) >= 11 is 5.75. The first-order valence-corrected chi connectivity index (χ1v) is 14.1. The monoisotopic (exact) mass is 641 g/mol. The minimum atomic E-state index is -0.792. The van der Waals surface area contributed by atoms with E-state index in [-0.39, 0.29) is 34.5 Å². The molecular formula is C31H37ClFN7O5. The van der Waals surface area contributed by atoms with Crippen molar-refractivity contribution in [3.8, 4) is 0 Å². The van der Waals surface area contributed by atoms with Crippen LogP contribution in [0, 0.1) is 5.82 Å². The van der Waals surface area contributed by atoms with Crippen LogP contribution in [0.2, 0.25) is 5.02 Å². The summed E-state index contributed by atoms with van der Waals surface area (Å²) in [6.07, 6.45) is 8.10. The summed E-state index contributed by atoms with van der Waals surface area (Å²) in [5.41, 5.74) is 1.12. The lowest BCUT2D eigenvalue weighted by Crippen LogP contribution is -2.32. The van der Waals surface area contributed by atoms with Crippen molar-refractivity contribution in [2.45, 2.75) is 0 Å². The summed E-state index contributed by atoms with van der Waals surface area (Å²) in [5, 5.41) is 25.2. The Hall–Kier alpha value is -4.98. The van der Waals surface area contributed by atoms with E-state index in [1.165, 1.54) is 36.6 Å². The average Bonchev–Trinajstić information content (AvgIpc) is 2.98. The molecule has 0 atom stereocenters. The van der Waals surface area contributed by atoms with Gasteiger partial charge < -0.3 is 41.9 Å². The van der Waals surface area contributed by atoms with Gasteiger partial charge in [-0.05, 0) is 54.6 Å². The Bertz CT molecular complexity index is 1460. The van der Waals surface area contributed by atoms with E-state index < -0.39 is 23.5 Å². The van der Waals surface area contributed by atoms with Crippen LogP contribution in [0.15, 0.2) is 90.6 Å². The number of carbonyl (C=O) groups is 4. The first kappa shape index (κ1) is 36.2. The molecule has 14 heteroatoms. The number of hydrogen-bond acceptors (Lipinski definition) is 8. The molecule has 45 heavy (non-hydrogen) atoms. The van der Waals surface area contributed by atoms with Crippen LogP contribution in [-0.2, 0) is 9.59 Å². The molecule has 2 aromatic rings. The molecule has 0 aliphatic carbocycles. The average molecular weight is 642 g/mol. The minimum Gasteiger partial charge on any atom is -0.395 e. The molecule has 0 aliphatic rings. The number of nitrogens with zero attached hydrogens (tertiary/aromatic N) is 1. The molecule has 2 rings (SSSR count). The van der Waals surface area contributed by atoms with Crippen LogP contribution in [0.1, 0.15) is 20.7 Å². The fourth-order valence-electron chi connectivity index (χ4n) is 3.52. The minimum absolute atomic E-state index is 0.0190. The number of rotatable bonds is 16. The molecule has 0 fully saturated rings. The van der Waals surface area contributed by atoms with Crippen LogP contribution < -0.4 is 31.9 Å². The highest BCUT2D eigenvalue weighted by atomic mass is 35.5. The number of hydrogen-bond donors (Lipinski definition) is 7. The third-order valence-electron chi connectivity index (χ3n) is 5.52. The van der Waals surface area contributed by atoms with Gasteiger partial charge in [-0.1, -0.05) is 11.6 Å². The summed E-state index contributed by atoms with van der Waals surface area (Å²) in [6, 6.07) is 9.98. The molecule has 0 spiro atoms. The zero-order valence-electron chi connectivity index (χ0n) is 25.1. The first-order valence-electron chi connectivity index (χ1n) is 13.7. The molecule has 0 radical (unpaired) electrons. The lowest BCUT2D eigenvalue weighted by atomic mass is 10.2. The second kappa shape index (κ2) is 19.3. The topological polar surface area (TPSA) is 164 Å². The zero-order valence-corrected chi connectivity index (χ0v) is 25.9. The maximum Gasteiger partial charge on any atom is 0.258 e. The summed E-state index contributed by atoms with van der Waals surface area (Å²) in [7, 11) is 5.06. The van der Waals surface area contributed by atoms with Gasteiger partial charge in [0.2, 0.25) is 11.8 Å². The molecule has 4 amide bonds. The lowest BCUT2D eigenvalue weighted by Gasteiger charge is -2.10. The van der Waals surface area contributed by atoms with Gasteiger partial charge in [-0.2, -0.15) is 0 Å². The van der Waals surface area contributed by atoms with Crippen LogP contribution in [0.25, 0.3) is 0 Å². The number of aliphatic hydroxyl groups excluding tert-OH is 1. The standard InChI is InChI=1S/C31H37ClFN7O5/c1-34-19-24(39-31(45)26-11-6-22(32)18-27(26)33)9-12-29(43)38-25(20-40(2)3)10-13-28(42)37-23-7-4-21(5-8-23)30(44)36-15-14-35-16-17-41/h4-13,18-20,34-35,41H,14-17H2,1-3H3,(H,36,44)(H,37,42)(H,38,43)(H,39,45)/b12-9+,13-10+,24-19+,25-20+. The molecule has 12 nitrogen and oxygen atoms in total. The second-order valence-electron chi connectivity index (χ2n) is 9.47. The Labute approximate surface area is 266 Å². The third-order valence-corrected chi connectivity index (χ3v) is 5.75. The van der Waals surface area contributed by atoms with Crippen LogP contribution in [0.5, 0.6) is 0 Å². The van der Waals surface area contributed by atoms with E-state index in [1.807, 2.05) is 0 Å². The Morgan fingerprint density at radius 2 is 1.56 bits per heavy atom. The Kier molecular flexibility index (Phi) is 15.6. The number of halogens is 2. The molecule has 0 unspecified atom stereocenters. The third kappa shape index (κ3) is 13.9. The van der Waals surface area contributed by atoms with Gasteiger partial charge in [0, 0.05) is 81.6 Å². The number of allylic oxidation sites excluding steroid dienone is 2. The van der Waals surface area contributed by atoms with Crippen molar-refractivity contribution in [1.29, 1.82) is 0 Å². The van der Waals surface area contributed by atoms with Gasteiger partial charge in [-0.25, -0.2) is 4.39 Å². The van der Waals surface area contributed by atoms with Crippen molar-refractivity contribution >= 4 is 40.9 Å². The van der Waals surface area contributed by atoms with Crippen molar-refractivity contribution in [3.05, 3.63) is 113 Å². The fourth-order valence-corrected chi connectivity index (χ4v) is 3.68. The van der Waals surface area contributed by atoms with Crippen molar-refractivity contribution in [1.82, 2.24) is 31.5 Å². The summed E-state index contributed by atoms with van der Waals surface area (Å²) < 4.78 is 14.1. The van der Waals surface area contributed by atoms with Crippen LogP contribution in [0.3, 0.4) is 0 Å². The second-order valence-corrected chi connectivity index (χ2v) is 9.90. The molecule has 0 heterocycles. The Morgan fingerprint density at radius 1 is 0.867 bits per heavy atom. The van der Waals surface area contributed by atoms with E-state index in [2.05, 4.69) is 31.9 Å². The van der Waals surface area contributed by atoms with E-state index in [1.54, 1.807) is 56.5 Å². The Morgan fingerprint density at radius 3 is 2.20 bits per heavy atom. The summed E-state index contributed by atoms with van der Waals surface area (Å²) in [4.78, 5) is 51.6. The van der Waals surface area contributed by atoms with Crippen molar-refractivity contribution < 1.29 is 28.7 Å². The van der Waals surface area contributed by atoms with Gasteiger partial charge >= 0.3 is 0 Å². The van der Waals surface area contributed by atoms with Crippen molar-refractivity contribution in [3.63, 3.8) is 0 Å². The van der Waals surface area contributed by atoms with Gasteiger partial charge in [-0.3, -0.25) is 19.2 Å². The molecule has 0 bridgehead atoms. The number of carbonyl (C=O) groups excluding carboxylic acids is 4. The van der Waals surface area contributed by atoms with Crippen molar-refractivity contribution in [2.24, 2.45) is 0 Å². The van der Waals surface area contributed by atoms with Gasteiger partial charge in [0.05, 0.1) is 23.6 Å². The van der Waals surface area contributed by atoms with E-state index in [4.69, 9.17) is 16.7 Å². The number of amides is 4. The largest absolute Gasteiger partial charge is 0.395 e. The molecule has 0 aromatic heterocycles. The van der Waals surface area contributed by atoms with E-state index in [0.29, 0.717) is 30.9 Å². The van der Waals surface area contributed by atoms with Crippen LogP contribution in [0.4, 0.5) is 10.1 Å². The predicted molar refractivity (Wildman–Crippen MR) is 172 cm³/mol. The SMILES string of the molecule is CN/C=C(\C=C\C(=O)NC(/C=C/C(=O)Nc1ccc(C(=O)NCCNCCO)cc1)=C/N(C)C)NC(=O)c1ccc(Cl)cc1F. The van der Waals surface area contributed by atoms with Crippen LogP contribution >= 0.6 is 11.6 Å². The molecule has 2 aromatic carbocycles. The quantitative estimate of drug-likeness (QED) is 0.0830. The lowest BCUT2D eigenvalue weighted by molar-refractivity contribution is -0.116. The van der Waals surface area contributed by atoms with Crippen molar-refractivity contribution in [2.75, 3.05) is 52.7 Å². The molecular weight excluding hydrogens is 605 g/mol. The first-order chi connectivity index (χ1) is 21.5. The summed E-state index contributed by atoms with van der Waals surface area (Å²) in [5.74, 6) is -2.85. The van der Waals surface area contributed by atoms with E-state index >= 15 is 0 Å². The van der Waals surface area contributed by atoms with E-state index in [0.717, 1.165) is 12.1 Å². The molecule has 0 aliphatic heterocycles. The molecule has 240 valence electrons. The molecule has 0 saturated heterocycles. The maximum absolute atomic E-state index is 14.1. The highest BCUT2D eigenvalue weighted by molar-refractivity contribution is 6.30. The highest BCUT2D eigenvalue weighted by Crippen LogP contribution is 2.15. The van der Waals surface area contributed by atoms with Gasteiger partial charge in [0.1, 0.15) is 5.82 Å².